The molecule has 0 aliphatic heterocycles. The van der Waals surface area contributed by atoms with Crippen molar-refractivity contribution in [2.45, 2.75) is 27.2 Å². The Hall–Kier alpha value is -0.780. The lowest BCUT2D eigenvalue weighted by atomic mass is 10.1. The van der Waals surface area contributed by atoms with Gasteiger partial charge < -0.3 is 5.32 Å². The highest BCUT2D eigenvalue weighted by Gasteiger charge is 2.09. The first-order valence-corrected chi connectivity index (χ1v) is 8.47. The smallest absolute Gasteiger partial charge is 0.148 e. The standard InChI is InChI=1S/C15H20BrN3S/c1-10(2)9-17-7-6-14-18-19-15(20-14)13-8-12(16)5-4-11(13)3/h4-5,8,10,17H,6-7,9H2,1-3H3. The number of hydrogen-bond donors (Lipinski definition) is 1. The third-order valence-electron chi connectivity index (χ3n) is 2.97. The molecule has 0 unspecified atom stereocenters. The van der Waals surface area contributed by atoms with Gasteiger partial charge in [0.1, 0.15) is 10.0 Å². The first kappa shape index (κ1) is 15.6. The van der Waals surface area contributed by atoms with Gasteiger partial charge in [-0.05, 0) is 37.1 Å². The molecular formula is C15H20BrN3S. The van der Waals surface area contributed by atoms with Crippen LogP contribution in [0.5, 0.6) is 0 Å². The zero-order valence-corrected chi connectivity index (χ0v) is 14.5. The van der Waals surface area contributed by atoms with Crippen molar-refractivity contribution in [3.8, 4) is 10.6 Å². The van der Waals surface area contributed by atoms with E-state index < -0.39 is 0 Å². The van der Waals surface area contributed by atoms with Crippen molar-refractivity contribution in [1.29, 1.82) is 0 Å². The summed E-state index contributed by atoms with van der Waals surface area (Å²) in [5, 5.41) is 14.1. The van der Waals surface area contributed by atoms with Gasteiger partial charge >= 0.3 is 0 Å². The molecule has 108 valence electrons. The topological polar surface area (TPSA) is 37.8 Å². The van der Waals surface area contributed by atoms with Gasteiger partial charge in [0.05, 0.1) is 0 Å². The second kappa shape index (κ2) is 7.29. The molecule has 0 amide bonds. The molecule has 0 fully saturated rings. The first-order chi connectivity index (χ1) is 9.56. The summed E-state index contributed by atoms with van der Waals surface area (Å²) >= 11 is 5.20. The lowest BCUT2D eigenvalue weighted by Gasteiger charge is -2.05. The predicted octanol–water partition coefficient (Wildman–Crippen LogP) is 4.06. The highest BCUT2D eigenvalue weighted by atomic mass is 79.9. The van der Waals surface area contributed by atoms with Gasteiger partial charge in [0.15, 0.2) is 0 Å². The average molecular weight is 354 g/mol. The third-order valence-corrected chi connectivity index (χ3v) is 4.47. The molecule has 0 spiro atoms. The molecule has 20 heavy (non-hydrogen) atoms. The lowest BCUT2D eigenvalue weighted by molar-refractivity contribution is 0.553. The highest BCUT2D eigenvalue weighted by Crippen LogP contribution is 2.29. The summed E-state index contributed by atoms with van der Waals surface area (Å²) in [5.41, 5.74) is 2.40. The zero-order valence-electron chi connectivity index (χ0n) is 12.1. The molecular weight excluding hydrogens is 334 g/mol. The van der Waals surface area contributed by atoms with E-state index >= 15 is 0 Å². The van der Waals surface area contributed by atoms with E-state index in [1.54, 1.807) is 11.3 Å². The van der Waals surface area contributed by atoms with Crippen molar-refractivity contribution in [1.82, 2.24) is 15.5 Å². The molecule has 5 heteroatoms. The Bertz CT molecular complexity index is 566. The monoisotopic (exact) mass is 353 g/mol. The minimum absolute atomic E-state index is 0.685. The fourth-order valence-electron chi connectivity index (χ4n) is 1.87. The van der Waals surface area contributed by atoms with E-state index in [-0.39, 0.29) is 0 Å². The molecule has 0 saturated carbocycles. The van der Waals surface area contributed by atoms with Crippen LogP contribution in [0.25, 0.3) is 10.6 Å². The second-order valence-electron chi connectivity index (χ2n) is 5.31. The van der Waals surface area contributed by atoms with Crippen LogP contribution < -0.4 is 5.32 Å². The molecule has 0 radical (unpaired) electrons. The van der Waals surface area contributed by atoms with Crippen molar-refractivity contribution >= 4 is 27.3 Å². The largest absolute Gasteiger partial charge is 0.316 e. The van der Waals surface area contributed by atoms with Crippen LogP contribution in [0.1, 0.15) is 24.4 Å². The van der Waals surface area contributed by atoms with E-state index in [0.29, 0.717) is 5.92 Å². The third kappa shape index (κ3) is 4.36. The van der Waals surface area contributed by atoms with Gasteiger partial charge in [0.2, 0.25) is 0 Å². The van der Waals surface area contributed by atoms with Crippen LogP contribution in [0.3, 0.4) is 0 Å². The second-order valence-corrected chi connectivity index (χ2v) is 7.29. The molecule has 3 nitrogen and oxygen atoms in total. The van der Waals surface area contributed by atoms with Gasteiger partial charge in [-0.25, -0.2) is 0 Å². The molecule has 0 aliphatic rings. The Kier molecular flexibility index (Phi) is 5.69. The maximum absolute atomic E-state index is 4.32. The summed E-state index contributed by atoms with van der Waals surface area (Å²) in [6.45, 7) is 8.55. The number of hydrogen-bond acceptors (Lipinski definition) is 4. The SMILES string of the molecule is Cc1ccc(Br)cc1-c1nnc(CCNCC(C)C)s1. The molecule has 0 atom stereocenters. The molecule has 1 N–H and O–H groups in total. The molecule has 0 bridgehead atoms. The Balaban J connectivity index is 2.00. The van der Waals surface area contributed by atoms with E-state index in [2.05, 4.69) is 70.4 Å². The van der Waals surface area contributed by atoms with Crippen LogP contribution in [0.4, 0.5) is 0 Å². The molecule has 2 rings (SSSR count). The number of aryl methyl sites for hydroxylation is 1. The Morgan fingerprint density at radius 3 is 2.85 bits per heavy atom. The summed E-state index contributed by atoms with van der Waals surface area (Å²) in [6.07, 6.45) is 0.942. The van der Waals surface area contributed by atoms with E-state index in [9.17, 15) is 0 Å². The first-order valence-electron chi connectivity index (χ1n) is 6.86. The predicted molar refractivity (Wildman–Crippen MR) is 89.2 cm³/mol. The molecule has 1 aromatic carbocycles. The summed E-state index contributed by atoms with van der Waals surface area (Å²) in [7, 11) is 0. The maximum Gasteiger partial charge on any atom is 0.148 e. The van der Waals surface area contributed by atoms with Crippen molar-refractivity contribution < 1.29 is 0 Å². The summed E-state index contributed by atoms with van der Waals surface area (Å²) < 4.78 is 1.08. The van der Waals surface area contributed by atoms with Crippen LogP contribution >= 0.6 is 27.3 Å². The fraction of sp³-hybridized carbons (Fsp3) is 0.467. The Labute approximate surface area is 133 Å². The van der Waals surface area contributed by atoms with Crippen LogP contribution in [0, 0.1) is 12.8 Å². The molecule has 2 aromatic rings. The molecule has 1 heterocycles. The van der Waals surface area contributed by atoms with Gasteiger partial charge in [0.25, 0.3) is 0 Å². The van der Waals surface area contributed by atoms with Gasteiger partial charge in [-0.3, -0.25) is 0 Å². The van der Waals surface area contributed by atoms with Crippen LogP contribution in [0.2, 0.25) is 0 Å². The summed E-state index contributed by atoms with van der Waals surface area (Å²) in [4.78, 5) is 0. The van der Waals surface area contributed by atoms with Crippen LogP contribution in [-0.4, -0.2) is 23.3 Å². The van der Waals surface area contributed by atoms with Crippen molar-refractivity contribution in [2.75, 3.05) is 13.1 Å². The lowest BCUT2D eigenvalue weighted by Crippen LogP contribution is -2.22. The van der Waals surface area contributed by atoms with Crippen LogP contribution in [-0.2, 0) is 6.42 Å². The number of aromatic nitrogens is 2. The Morgan fingerprint density at radius 1 is 1.30 bits per heavy atom. The summed E-state index contributed by atoms with van der Waals surface area (Å²) in [6, 6.07) is 6.26. The quantitative estimate of drug-likeness (QED) is 0.795. The van der Waals surface area contributed by atoms with Crippen LogP contribution in [0.15, 0.2) is 22.7 Å². The Morgan fingerprint density at radius 2 is 2.10 bits per heavy atom. The highest BCUT2D eigenvalue weighted by molar-refractivity contribution is 9.10. The van der Waals surface area contributed by atoms with Crippen molar-refractivity contribution in [3.05, 3.63) is 33.2 Å². The fourth-order valence-corrected chi connectivity index (χ4v) is 3.16. The molecule has 1 aromatic heterocycles. The minimum atomic E-state index is 0.685. The van der Waals surface area contributed by atoms with E-state index in [0.717, 1.165) is 34.0 Å². The normalized spacial score (nSPS) is 11.2. The van der Waals surface area contributed by atoms with E-state index in [1.807, 2.05) is 0 Å². The van der Waals surface area contributed by atoms with E-state index in [1.165, 1.54) is 11.1 Å². The van der Waals surface area contributed by atoms with Gasteiger partial charge in [0, 0.05) is 23.0 Å². The average Bonchev–Trinajstić information content (AvgIpc) is 2.86. The van der Waals surface area contributed by atoms with Crippen molar-refractivity contribution in [3.63, 3.8) is 0 Å². The number of benzene rings is 1. The molecule has 0 aliphatic carbocycles. The number of nitrogens with one attached hydrogen (secondary N) is 1. The number of halogens is 1. The zero-order chi connectivity index (χ0) is 14.5. The van der Waals surface area contributed by atoms with Crippen molar-refractivity contribution in [2.24, 2.45) is 5.92 Å². The summed E-state index contributed by atoms with van der Waals surface area (Å²) in [5.74, 6) is 0.685. The van der Waals surface area contributed by atoms with Gasteiger partial charge in [-0.2, -0.15) is 0 Å². The molecule has 0 saturated heterocycles. The number of rotatable bonds is 6. The van der Waals surface area contributed by atoms with Gasteiger partial charge in [-0.15, -0.1) is 10.2 Å². The number of nitrogens with zero attached hydrogens (tertiary/aromatic N) is 2. The minimum Gasteiger partial charge on any atom is -0.316 e. The maximum atomic E-state index is 4.32. The van der Waals surface area contributed by atoms with E-state index in [4.69, 9.17) is 0 Å². The van der Waals surface area contributed by atoms with Gasteiger partial charge in [-0.1, -0.05) is 47.2 Å².